The summed E-state index contributed by atoms with van der Waals surface area (Å²) in [6, 6.07) is 4.13. The summed E-state index contributed by atoms with van der Waals surface area (Å²) in [5.41, 5.74) is 0.883. The van der Waals surface area contributed by atoms with Gasteiger partial charge in [-0.05, 0) is 70.3 Å². The van der Waals surface area contributed by atoms with E-state index in [1.807, 2.05) is 0 Å². The van der Waals surface area contributed by atoms with Crippen molar-refractivity contribution in [3.8, 4) is 0 Å². The number of hydrogen-bond acceptors (Lipinski definition) is 3. The second-order valence-corrected chi connectivity index (χ2v) is 7.36. The maximum Gasteiger partial charge on any atom is 0.449 e. The van der Waals surface area contributed by atoms with Gasteiger partial charge in [0.2, 0.25) is 5.82 Å². The zero-order valence-electron chi connectivity index (χ0n) is 16.4. The third-order valence-electron chi connectivity index (χ3n) is 4.96. The van der Waals surface area contributed by atoms with Crippen LogP contribution in [-0.4, -0.2) is 35.1 Å². The van der Waals surface area contributed by atoms with Gasteiger partial charge in [-0.3, -0.25) is 4.79 Å². The number of benzene rings is 1. The molecule has 10 heteroatoms. The lowest BCUT2D eigenvalue weighted by Crippen LogP contribution is -2.33. The van der Waals surface area contributed by atoms with E-state index in [-0.39, 0.29) is 36.2 Å². The van der Waals surface area contributed by atoms with Crippen LogP contribution in [0.15, 0.2) is 18.2 Å². The molecular weight excluding hydrogens is 428 g/mol. The molecule has 3 rings (SSSR count). The van der Waals surface area contributed by atoms with Crippen LogP contribution in [0.1, 0.15) is 55.3 Å². The fourth-order valence-corrected chi connectivity index (χ4v) is 3.62. The van der Waals surface area contributed by atoms with E-state index >= 15 is 0 Å². The summed E-state index contributed by atoms with van der Waals surface area (Å²) in [5.74, 6) is -0.666. The van der Waals surface area contributed by atoms with E-state index in [9.17, 15) is 18.0 Å². The zero-order valence-corrected chi connectivity index (χ0v) is 18.0. The molecule has 1 aliphatic rings. The van der Waals surface area contributed by atoms with Crippen molar-refractivity contribution in [3.05, 3.63) is 29.6 Å². The van der Waals surface area contributed by atoms with Gasteiger partial charge in [0.05, 0.1) is 11.0 Å². The van der Waals surface area contributed by atoms with Crippen molar-refractivity contribution in [2.75, 3.05) is 19.6 Å². The number of aromatic nitrogens is 2. The number of carbonyl (C=O) groups is 1. The molecule has 1 unspecified atom stereocenters. The van der Waals surface area contributed by atoms with Gasteiger partial charge in [-0.15, -0.1) is 24.8 Å². The fraction of sp³-hybridized carbons (Fsp3) is 0.579. The van der Waals surface area contributed by atoms with E-state index < -0.39 is 18.0 Å². The number of alkyl halides is 3. The molecule has 2 N–H and O–H groups in total. The lowest BCUT2D eigenvalue weighted by Gasteiger charge is -2.22. The average molecular weight is 455 g/mol. The number of hydrogen-bond donors (Lipinski definition) is 2. The number of amides is 1. The summed E-state index contributed by atoms with van der Waals surface area (Å²) in [6.07, 6.45) is -1.35. The number of fused-ring (bicyclic) bond motifs is 1. The Hall–Kier alpha value is -1.51. The minimum Gasteiger partial charge on any atom is -0.352 e. The largest absolute Gasteiger partial charge is 0.449 e. The van der Waals surface area contributed by atoms with Gasteiger partial charge in [0.15, 0.2) is 0 Å². The van der Waals surface area contributed by atoms with E-state index in [0.29, 0.717) is 23.5 Å². The Labute approximate surface area is 180 Å². The maximum atomic E-state index is 13.3. The molecule has 1 fully saturated rings. The predicted molar refractivity (Wildman–Crippen MR) is 112 cm³/mol. The topological polar surface area (TPSA) is 59.0 Å². The molecule has 2 aromatic rings. The molecule has 2 heterocycles. The number of rotatable bonds is 5. The van der Waals surface area contributed by atoms with Crippen LogP contribution >= 0.6 is 24.8 Å². The van der Waals surface area contributed by atoms with Crippen LogP contribution in [0.3, 0.4) is 0 Å². The molecule has 0 radical (unpaired) electrons. The van der Waals surface area contributed by atoms with Gasteiger partial charge in [0.25, 0.3) is 5.91 Å². The molecule has 0 spiro atoms. The number of imidazole rings is 1. The molecule has 0 bridgehead atoms. The third-order valence-corrected chi connectivity index (χ3v) is 4.96. The standard InChI is InChI=1S/C19H25F3N4O.2ClH/c1-12(2)26-16-6-5-14(10-15(16)25-18(26)19(20,21)22)17(27)24-9-7-13-4-3-8-23-11-13;;/h5-6,10,12-13,23H,3-4,7-9,11H2,1-2H3,(H,24,27);2*1H. The third kappa shape index (κ3) is 5.99. The van der Waals surface area contributed by atoms with Crippen LogP contribution in [0.2, 0.25) is 0 Å². The molecule has 0 aliphatic carbocycles. The molecule has 29 heavy (non-hydrogen) atoms. The van der Waals surface area contributed by atoms with Crippen LogP contribution in [0.25, 0.3) is 11.0 Å². The highest BCUT2D eigenvalue weighted by atomic mass is 35.5. The summed E-state index contributed by atoms with van der Waals surface area (Å²) in [5, 5.41) is 6.20. The van der Waals surface area contributed by atoms with Crippen LogP contribution in [0, 0.1) is 5.92 Å². The van der Waals surface area contributed by atoms with Gasteiger partial charge in [0, 0.05) is 18.2 Å². The van der Waals surface area contributed by atoms with Gasteiger partial charge in [-0.1, -0.05) is 0 Å². The second kappa shape index (κ2) is 10.5. The molecule has 1 amide bonds. The molecule has 1 saturated heterocycles. The lowest BCUT2D eigenvalue weighted by molar-refractivity contribution is -0.147. The lowest BCUT2D eigenvalue weighted by atomic mass is 9.96. The van der Waals surface area contributed by atoms with E-state index in [1.165, 1.54) is 12.1 Å². The normalized spacial score (nSPS) is 17.0. The Morgan fingerprint density at radius 1 is 1.34 bits per heavy atom. The SMILES string of the molecule is CC(C)n1c(C(F)(F)F)nc2cc(C(=O)NCCC3CCCNC3)ccc21.Cl.Cl. The first-order valence-electron chi connectivity index (χ1n) is 9.35. The van der Waals surface area contributed by atoms with Gasteiger partial charge >= 0.3 is 6.18 Å². The van der Waals surface area contributed by atoms with E-state index in [0.717, 1.165) is 36.9 Å². The number of piperidine rings is 1. The van der Waals surface area contributed by atoms with Crippen molar-refractivity contribution in [1.29, 1.82) is 0 Å². The molecule has 1 aromatic carbocycles. The van der Waals surface area contributed by atoms with E-state index in [4.69, 9.17) is 0 Å². The molecule has 5 nitrogen and oxygen atoms in total. The van der Waals surface area contributed by atoms with Gasteiger partial charge < -0.3 is 15.2 Å². The highest BCUT2D eigenvalue weighted by molar-refractivity contribution is 5.97. The summed E-state index contributed by atoms with van der Waals surface area (Å²) >= 11 is 0. The van der Waals surface area contributed by atoms with Gasteiger partial charge in [-0.2, -0.15) is 13.2 Å². The van der Waals surface area contributed by atoms with Crippen molar-refractivity contribution in [2.45, 2.75) is 45.3 Å². The van der Waals surface area contributed by atoms with Crippen LogP contribution in [0.5, 0.6) is 0 Å². The Bertz CT molecular complexity index is 818. The molecule has 1 atom stereocenters. The minimum atomic E-state index is -4.54. The average Bonchev–Trinajstić information content (AvgIpc) is 3.02. The van der Waals surface area contributed by atoms with Gasteiger partial charge in [0.1, 0.15) is 0 Å². The Morgan fingerprint density at radius 2 is 2.07 bits per heavy atom. The molecule has 0 saturated carbocycles. The molecule has 1 aliphatic heterocycles. The molecule has 164 valence electrons. The smallest absolute Gasteiger partial charge is 0.352 e. The van der Waals surface area contributed by atoms with Crippen LogP contribution in [-0.2, 0) is 6.18 Å². The first kappa shape index (κ1) is 25.5. The van der Waals surface area contributed by atoms with Crippen LogP contribution in [0.4, 0.5) is 13.2 Å². The van der Waals surface area contributed by atoms with E-state index in [1.54, 1.807) is 19.9 Å². The quantitative estimate of drug-likeness (QED) is 0.693. The first-order chi connectivity index (χ1) is 12.8. The van der Waals surface area contributed by atoms with Crippen LogP contribution < -0.4 is 10.6 Å². The summed E-state index contributed by atoms with van der Waals surface area (Å²) < 4.78 is 41.0. The van der Waals surface area contributed by atoms with Crippen molar-refractivity contribution in [2.24, 2.45) is 5.92 Å². The van der Waals surface area contributed by atoms with Crippen molar-refractivity contribution in [3.63, 3.8) is 0 Å². The maximum absolute atomic E-state index is 13.3. The molecular formula is C19H27Cl2F3N4O. The number of nitrogens with one attached hydrogen (secondary N) is 2. The first-order valence-corrected chi connectivity index (χ1v) is 9.35. The summed E-state index contributed by atoms with van der Waals surface area (Å²) in [4.78, 5) is 16.1. The second-order valence-electron chi connectivity index (χ2n) is 7.36. The highest BCUT2D eigenvalue weighted by Gasteiger charge is 2.38. The predicted octanol–water partition coefficient (Wildman–Crippen LogP) is 4.60. The minimum absolute atomic E-state index is 0. The number of carbonyl (C=O) groups excluding carboxylic acids is 1. The summed E-state index contributed by atoms with van der Waals surface area (Å²) in [6.45, 7) is 5.92. The number of halogens is 5. The van der Waals surface area contributed by atoms with Crippen molar-refractivity contribution >= 4 is 41.8 Å². The van der Waals surface area contributed by atoms with Crippen molar-refractivity contribution in [1.82, 2.24) is 20.2 Å². The summed E-state index contributed by atoms with van der Waals surface area (Å²) in [7, 11) is 0. The highest BCUT2D eigenvalue weighted by Crippen LogP contribution is 2.33. The van der Waals surface area contributed by atoms with Crippen molar-refractivity contribution < 1.29 is 18.0 Å². The Morgan fingerprint density at radius 3 is 2.66 bits per heavy atom. The van der Waals surface area contributed by atoms with Gasteiger partial charge in [-0.25, -0.2) is 4.98 Å². The Kier molecular flexibility index (Phi) is 9.24. The fourth-order valence-electron chi connectivity index (χ4n) is 3.62. The van der Waals surface area contributed by atoms with E-state index in [2.05, 4.69) is 15.6 Å². The molecule has 1 aromatic heterocycles. The monoisotopic (exact) mass is 454 g/mol. The zero-order chi connectivity index (χ0) is 19.6. The number of nitrogens with zero attached hydrogens (tertiary/aromatic N) is 2. The Balaban J connectivity index is 0.00000210.